The van der Waals surface area contributed by atoms with Gasteiger partial charge in [-0.05, 0) is 43.8 Å². The van der Waals surface area contributed by atoms with E-state index in [1.165, 1.54) is 0 Å². The van der Waals surface area contributed by atoms with Gasteiger partial charge >= 0.3 is 0 Å². The summed E-state index contributed by atoms with van der Waals surface area (Å²) in [4.78, 5) is 15.0. The average molecular weight is 334 g/mol. The number of hydrogen-bond acceptors (Lipinski definition) is 3. The first-order chi connectivity index (χ1) is 12.1. The van der Waals surface area contributed by atoms with E-state index >= 15 is 0 Å². The van der Waals surface area contributed by atoms with Crippen molar-refractivity contribution in [3.63, 3.8) is 0 Å². The number of hydrogen-bond donors (Lipinski definition) is 1. The third-order valence-electron chi connectivity index (χ3n) is 4.11. The number of rotatable bonds is 6. The molecule has 0 radical (unpaired) electrons. The van der Waals surface area contributed by atoms with Crippen LogP contribution >= 0.6 is 0 Å². The summed E-state index contributed by atoms with van der Waals surface area (Å²) in [6.07, 6.45) is 1.65. The predicted octanol–water partition coefficient (Wildman–Crippen LogP) is 4.40. The third-order valence-corrected chi connectivity index (χ3v) is 4.11. The SMILES string of the molecule is Cc1ccc(NC(=O)[C@H](c2ccccc2)N(C)Cc2ccco2)cc1. The van der Waals surface area contributed by atoms with Crippen molar-refractivity contribution in [2.75, 3.05) is 12.4 Å². The van der Waals surface area contributed by atoms with Crippen LogP contribution < -0.4 is 5.32 Å². The molecule has 1 amide bonds. The van der Waals surface area contributed by atoms with Gasteiger partial charge in [0.05, 0.1) is 12.8 Å². The summed E-state index contributed by atoms with van der Waals surface area (Å²) < 4.78 is 5.43. The van der Waals surface area contributed by atoms with Crippen molar-refractivity contribution in [1.29, 1.82) is 0 Å². The van der Waals surface area contributed by atoms with Crippen LogP contribution in [0.25, 0.3) is 0 Å². The van der Waals surface area contributed by atoms with E-state index in [2.05, 4.69) is 5.32 Å². The third kappa shape index (κ3) is 4.37. The number of anilines is 1. The number of likely N-dealkylation sites (N-methyl/N-ethyl adjacent to an activating group) is 1. The van der Waals surface area contributed by atoms with Gasteiger partial charge in [0.15, 0.2) is 0 Å². The minimum atomic E-state index is -0.410. The summed E-state index contributed by atoms with van der Waals surface area (Å²) in [5.41, 5.74) is 2.90. The molecule has 25 heavy (non-hydrogen) atoms. The normalized spacial score (nSPS) is 12.1. The molecule has 1 atom stereocenters. The predicted molar refractivity (Wildman–Crippen MR) is 99.2 cm³/mol. The second-order valence-corrected chi connectivity index (χ2v) is 6.16. The molecule has 3 rings (SSSR count). The zero-order chi connectivity index (χ0) is 17.6. The summed E-state index contributed by atoms with van der Waals surface area (Å²) in [5, 5.41) is 3.02. The van der Waals surface area contributed by atoms with Crippen LogP contribution in [-0.4, -0.2) is 17.9 Å². The molecule has 0 spiro atoms. The molecular formula is C21H22N2O2. The van der Waals surface area contributed by atoms with Gasteiger partial charge in [0, 0.05) is 5.69 Å². The van der Waals surface area contributed by atoms with Crippen molar-refractivity contribution in [2.24, 2.45) is 0 Å². The van der Waals surface area contributed by atoms with Gasteiger partial charge in [-0.1, -0.05) is 48.0 Å². The maximum atomic E-state index is 13.0. The lowest BCUT2D eigenvalue weighted by Crippen LogP contribution is -2.34. The van der Waals surface area contributed by atoms with Crippen molar-refractivity contribution < 1.29 is 9.21 Å². The van der Waals surface area contributed by atoms with E-state index in [0.717, 1.165) is 22.6 Å². The fourth-order valence-electron chi connectivity index (χ4n) is 2.83. The van der Waals surface area contributed by atoms with E-state index in [1.807, 2.05) is 85.6 Å². The number of aryl methyl sites for hydroxylation is 1. The van der Waals surface area contributed by atoms with Gasteiger partial charge in [0.1, 0.15) is 11.8 Å². The topological polar surface area (TPSA) is 45.5 Å². The van der Waals surface area contributed by atoms with Gasteiger partial charge in [-0.15, -0.1) is 0 Å². The lowest BCUT2D eigenvalue weighted by molar-refractivity contribution is -0.121. The van der Waals surface area contributed by atoms with E-state index < -0.39 is 6.04 Å². The quantitative estimate of drug-likeness (QED) is 0.727. The minimum absolute atomic E-state index is 0.0656. The number of carbonyl (C=O) groups is 1. The highest BCUT2D eigenvalue weighted by atomic mass is 16.3. The molecule has 128 valence electrons. The molecule has 0 aliphatic rings. The van der Waals surface area contributed by atoms with E-state index in [9.17, 15) is 4.79 Å². The van der Waals surface area contributed by atoms with E-state index in [0.29, 0.717) is 6.54 Å². The Hall–Kier alpha value is -2.85. The van der Waals surface area contributed by atoms with Gasteiger partial charge < -0.3 is 9.73 Å². The van der Waals surface area contributed by atoms with E-state index in [1.54, 1.807) is 6.26 Å². The van der Waals surface area contributed by atoms with Gasteiger partial charge in [0.25, 0.3) is 0 Å². The number of amides is 1. The van der Waals surface area contributed by atoms with E-state index in [4.69, 9.17) is 4.42 Å². The highest BCUT2D eigenvalue weighted by molar-refractivity contribution is 5.95. The number of benzene rings is 2. The Morgan fingerprint density at radius 3 is 2.40 bits per heavy atom. The van der Waals surface area contributed by atoms with Crippen molar-refractivity contribution in [2.45, 2.75) is 19.5 Å². The van der Waals surface area contributed by atoms with Gasteiger partial charge in [-0.2, -0.15) is 0 Å². The molecule has 0 fully saturated rings. The Bertz CT molecular complexity index is 796. The Kier molecular flexibility index (Phi) is 5.31. The lowest BCUT2D eigenvalue weighted by atomic mass is 10.0. The van der Waals surface area contributed by atoms with E-state index in [-0.39, 0.29) is 5.91 Å². The first-order valence-corrected chi connectivity index (χ1v) is 8.28. The molecule has 0 unspecified atom stereocenters. The van der Waals surface area contributed by atoms with Crippen LogP contribution in [0.4, 0.5) is 5.69 Å². The second kappa shape index (κ2) is 7.81. The van der Waals surface area contributed by atoms with Crippen LogP contribution in [0.2, 0.25) is 0 Å². The van der Waals surface area contributed by atoms with Gasteiger partial charge in [-0.25, -0.2) is 0 Å². The zero-order valence-electron chi connectivity index (χ0n) is 14.5. The van der Waals surface area contributed by atoms with Crippen LogP contribution in [-0.2, 0) is 11.3 Å². The molecule has 2 aromatic carbocycles. The second-order valence-electron chi connectivity index (χ2n) is 6.16. The summed E-state index contributed by atoms with van der Waals surface area (Å²) in [5.74, 6) is 0.760. The zero-order valence-corrected chi connectivity index (χ0v) is 14.5. The van der Waals surface area contributed by atoms with Crippen molar-refractivity contribution in [3.8, 4) is 0 Å². The summed E-state index contributed by atoms with van der Waals surface area (Å²) in [6.45, 7) is 2.57. The smallest absolute Gasteiger partial charge is 0.246 e. The molecule has 1 aromatic heterocycles. The summed E-state index contributed by atoms with van der Waals surface area (Å²) >= 11 is 0. The number of furan rings is 1. The van der Waals surface area contributed by atoms with Crippen molar-refractivity contribution >= 4 is 11.6 Å². The number of nitrogens with one attached hydrogen (secondary N) is 1. The standard InChI is InChI=1S/C21H22N2O2/c1-16-10-12-18(13-11-16)22-21(24)20(17-7-4-3-5-8-17)23(2)15-19-9-6-14-25-19/h3-14,20H,15H2,1-2H3,(H,22,24)/t20-/m0/s1. The van der Waals surface area contributed by atoms with Gasteiger partial charge in [0.2, 0.25) is 5.91 Å². The number of nitrogens with zero attached hydrogens (tertiary/aromatic N) is 1. The van der Waals surface area contributed by atoms with Crippen molar-refractivity contribution in [1.82, 2.24) is 4.90 Å². The molecule has 0 bridgehead atoms. The number of carbonyl (C=O) groups excluding carboxylic acids is 1. The van der Waals surface area contributed by atoms with Gasteiger partial charge in [-0.3, -0.25) is 9.69 Å². The molecular weight excluding hydrogens is 312 g/mol. The first kappa shape index (κ1) is 17.0. The lowest BCUT2D eigenvalue weighted by Gasteiger charge is -2.27. The largest absolute Gasteiger partial charge is 0.468 e. The molecule has 0 saturated carbocycles. The molecule has 1 heterocycles. The molecule has 0 saturated heterocycles. The van der Waals surface area contributed by atoms with Crippen LogP contribution in [0.1, 0.15) is 22.9 Å². The summed E-state index contributed by atoms with van der Waals surface area (Å²) in [7, 11) is 1.93. The molecule has 3 aromatic rings. The fourth-order valence-corrected chi connectivity index (χ4v) is 2.83. The Morgan fingerprint density at radius 2 is 1.76 bits per heavy atom. The molecule has 0 aliphatic heterocycles. The highest BCUT2D eigenvalue weighted by Crippen LogP contribution is 2.23. The first-order valence-electron chi connectivity index (χ1n) is 8.28. The van der Waals surface area contributed by atoms with Crippen LogP contribution in [0.3, 0.4) is 0 Å². The molecule has 4 nitrogen and oxygen atoms in total. The van der Waals surface area contributed by atoms with Crippen LogP contribution in [0.15, 0.2) is 77.4 Å². The molecule has 1 N–H and O–H groups in total. The maximum absolute atomic E-state index is 13.0. The Labute approximate surface area is 148 Å². The molecule has 4 heteroatoms. The van der Waals surface area contributed by atoms with Crippen LogP contribution in [0, 0.1) is 6.92 Å². The monoisotopic (exact) mass is 334 g/mol. The Balaban J connectivity index is 1.82. The summed E-state index contributed by atoms with van der Waals surface area (Å²) in [6, 6.07) is 20.9. The fraction of sp³-hybridized carbons (Fsp3) is 0.190. The van der Waals surface area contributed by atoms with Crippen molar-refractivity contribution in [3.05, 3.63) is 89.9 Å². The minimum Gasteiger partial charge on any atom is -0.468 e. The molecule has 0 aliphatic carbocycles. The average Bonchev–Trinajstić information content (AvgIpc) is 3.11. The highest BCUT2D eigenvalue weighted by Gasteiger charge is 2.25. The Morgan fingerprint density at radius 1 is 1.04 bits per heavy atom. The maximum Gasteiger partial charge on any atom is 0.246 e. The van der Waals surface area contributed by atoms with Crippen LogP contribution in [0.5, 0.6) is 0 Å².